The summed E-state index contributed by atoms with van der Waals surface area (Å²) in [5.41, 5.74) is -0.804. The predicted octanol–water partition coefficient (Wildman–Crippen LogP) is 3.47. The maximum absolute atomic E-state index is 12.6. The Labute approximate surface area is 122 Å². The van der Waals surface area contributed by atoms with Crippen LogP contribution < -0.4 is 4.90 Å². The molecule has 0 N–H and O–H groups in total. The van der Waals surface area contributed by atoms with Crippen molar-refractivity contribution >= 4 is 27.5 Å². The lowest BCUT2D eigenvalue weighted by Gasteiger charge is -2.30. The van der Waals surface area contributed by atoms with E-state index in [2.05, 4.69) is 15.9 Å². The number of carbonyl (C=O) groups is 1. The number of hydrogen-bond acceptors (Lipinski definition) is 2. The van der Waals surface area contributed by atoms with Crippen molar-refractivity contribution in [3.63, 3.8) is 0 Å². The first kappa shape index (κ1) is 14.9. The Morgan fingerprint density at radius 1 is 1.40 bits per heavy atom. The molecule has 1 atom stereocenters. The Morgan fingerprint density at radius 2 is 2.10 bits per heavy atom. The fourth-order valence-electron chi connectivity index (χ4n) is 2.11. The Balaban J connectivity index is 2.43. The summed E-state index contributed by atoms with van der Waals surface area (Å²) < 4.78 is 37.9. The summed E-state index contributed by atoms with van der Waals surface area (Å²) in [6, 6.07) is 4.58. The lowest BCUT2D eigenvalue weighted by molar-refractivity contribution is -0.137. The lowest BCUT2D eigenvalue weighted by Crippen LogP contribution is -2.42. The van der Waals surface area contributed by atoms with Crippen LogP contribution in [0.3, 0.4) is 0 Å². The van der Waals surface area contributed by atoms with E-state index in [-0.39, 0.29) is 22.0 Å². The lowest BCUT2D eigenvalue weighted by atomic mass is 10.0. The minimum absolute atomic E-state index is 0.144. The number of anilines is 1. The van der Waals surface area contributed by atoms with Crippen LogP contribution in [0.25, 0.3) is 0 Å². The van der Waals surface area contributed by atoms with Crippen LogP contribution in [-0.4, -0.2) is 17.3 Å². The van der Waals surface area contributed by atoms with Crippen molar-refractivity contribution in [3.05, 3.63) is 29.3 Å². The van der Waals surface area contributed by atoms with Gasteiger partial charge in [0.1, 0.15) is 6.07 Å². The molecule has 7 heteroatoms. The molecule has 20 heavy (non-hydrogen) atoms. The SMILES string of the molecule is N#Cc1cc(C(F)(F)F)ccc1N1CCCC(Br)C1=O. The maximum atomic E-state index is 12.6. The molecule has 1 saturated heterocycles. The Hall–Kier alpha value is -1.55. The van der Waals surface area contributed by atoms with Gasteiger partial charge < -0.3 is 4.90 Å². The van der Waals surface area contributed by atoms with Crippen LogP contribution in [0.1, 0.15) is 24.0 Å². The van der Waals surface area contributed by atoms with Crippen LogP contribution in [0.15, 0.2) is 18.2 Å². The summed E-state index contributed by atoms with van der Waals surface area (Å²) in [6.07, 6.45) is -3.10. The summed E-state index contributed by atoms with van der Waals surface area (Å²) in [4.78, 5) is 13.0. The Morgan fingerprint density at radius 3 is 2.70 bits per heavy atom. The van der Waals surface area contributed by atoms with Gasteiger partial charge in [0.25, 0.3) is 0 Å². The molecule has 0 aromatic heterocycles. The number of amides is 1. The predicted molar refractivity (Wildman–Crippen MR) is 70.5 cm³/mol. The highest BCUT2D eigenvalue weighted by atomic mass is 79.9. The molecule has 1 aliphatic rings. The molecular formula is C13H10BrF3N2O. The van der Waals surface area contributed by atoms with E-state index >= 15 is 0 Å². The van der Waals surface area contributed by atoms with Gasteiger partial charge >= 0.3 is 6.18 Å². The molecule has 1 aromatic carbocycles. The van der Waals surface area contributed by atoms with Gasteiger partial charge in [-0.15, -0.1) is 0 Å². The molecule has 0 saturated carbocycles. The molecule has 106 valence electrons. The van der Waals surface area contributed by atoms with Crippen molar-refractivity contribution in [3.8, 4) is 6.07 Å². The molecule has 0 bridgehead atoms. The summed E-state index contributed by atoms with van der Waals surface area (Å²) in [5.74, 6) is -0.229. The van der Waals surface area contributed by atoms with E-state index in [0.717, 1.165) is 18.6 Å². The van der Waals surface area contributed by atoms with E-state index in [9.17, 15) is 18.0 Å². The molecule has 1 heterocycles. The molecule has 1 unspecified atom stereocenters. The second-order valence-corrected chi connectivity index (χ2v) is 5.55. The summed E-state index contributed by atoms with van der Waals surface area (Å²) in [5, 5.41) is 9.02. The number of nitriles is 1. The van der Waals surface area contributed by atoms with Crippen molar-refractivity contribution in [2.24, 2.45) is 0 Å². The van der Waals surface area contributed by atoms with Gasteiger partial charge in [0.05, 0.1) is 21.6 Å². The second-order valence-electron chi connectivity index (χ2n) is 4.44. The quantitative estimate of drug-likeness (QED) is 0.731. The fraction of sp³-hybridized carbons (Fsp3) is 0.385. The van der Waals surface area contributed by atoms with E-state index in [0.29, 0.717) is 13.0 Å². The van der Waals surface area contributed by atoms with Crippen LogP contribution in [0.4, 0.5) is 18.9 Å². The summed E-state index contributed by atoms with van der Waals surface area (Å²) in [7, 11) is 0. The minimum atomic E-state index is -4.51. The van der Waals surface area contributed by atoms with Crippen molar-refractivity contribution in [2.75, 3.05) is 11.4 Å². The van der Waals surface area contributed by atoms with Crippen molar-refractivity contribution in [2.45, 2.75) is 23.8 Å². The topological polar surface area (TPSA) is 44.1 Å². The molecule has 1 amide bonds. The first-order valence-electron chi connectivity index (χ1n) is 5.91. The average molecular weight is 347 g/mol. The summed E-state index contributed by atoms with van der Waals surface area (Å²) >= 11 is 3.23. The van der Waals surface area contributed by atoms with Crippen LogP contribution in [0.2, 0.25) is 0 Å². The first-order valence-corrected chi connectivity index (χ1v) is 6.83. The van der Waals surface area contributed by atoms with Crippen molar-refractivity contribution < 1.29 is 18.0 Å². The van der Waals surface area contributed by atoms with Crippen molar-refractivity contribution in [1.82, 2.24) is 0 Å². The van der Waals surface area contributed by atoms with Gasteiger partial charge in [-0.05, 0) is 31.0 Å². The number of rotatable bonds is 1. The van der Waals surface area contributed by atoms with E-state index in [4.69, 9.17) is 5.26 Å². The number of hydrogen-bond donors (Lipinski definition) is 0. The molecule has 1 fully saturated rings. The number of halogens is 4. The fourth-order valence-corrected chi connectivity index (χ4v) is 2.68. The highest BCUT2D eigenvalue weighted by Gasteiger charge is 2.33. The van der Waals surface area contributed by atoms with Crippen molar-refractivity contribution in [1.29, 1.82) is 5.26 Å². The van der Waals surface area contributed by atoms with Crippen LogP contribution in [0.5, 0.6) is 0 Å². The third kappa shape index (κ3) is 2.80. The third-order valence-corrected chi connectivity index (χ3v) is 3.96. The first-order chi connectivity index (χ1) is 9.34. The van der Waals surface area contributed by atoms with Crippen LogP contribution >= 0.6 is 15.9 Å². The monoisotopic (exact) mass is 346 g/mol. The van der Waals surface area contributed by atoms with Gasteiger partial charge in [-0.3, -0.25) is 4.79 Å². The zero-order chi connectivity index (χ0) is 14.9. The number of benzene rings is 1. The number of alkyl halides is 4. The third-order valence-electron chi connectivity index (χ3n) is 3.11. The van der Waals surface area contributed by atoms with E-state index in [1.54, 1.807) is 6.07 Å². The van der Waals surface area contributed by atoms with Gasteiger partial charge in [0.2, 0.25) is 5.91 Å². The van der Waals surface area contributed by atoms with Crippen LogP contribution in [-0.2, 0) is 11.0 Å². The second kappa shape index (κ2) is 5.44. The molecular weight excluding hydrogens is 337 g/mol. The number of carbonyl (C=O) groups excluding carboxylic acids is 1. The van der Waals surface area contributed by atoms with Gasteiger partial charge in [-0.2, -0.15) is 18.4 Å². The largest absolute Gasteiger partial charge is 0.416 e. The zero-order valence-electron chi connectivity index (χ0n) is 10.2. The molecule has 2 rings (SSSR count). The zero-order valence-corrected chi connectivity index (χ0v) is 11.8. The molecule has 1 aromatic rings. The van der Waals surface area contributed by atoms with E-state index in [1.807, 2.05) is 0 Å². The summed E-state index contributed by atoms with van der Waals surface area (Å²) in [6.45, 7) is 0.404. The molecule has 0 aliphatic carbocycles. The van der Waals surface area contributed by atoms with Gasteiger partial charge in [0, 0.05) is 6.54 Å². The highest BCUT2D eigenvalue weighted by Crippen LogP contribution is 2.34. The maximum Gasteiger partial charge on any atom is 0.416 e. The smallest absolute Gasteiger partial charge is 0.310 e. The highest BCUT2D eigenvalue weighted by molar-refractivity contribution is 9.10. The molecule has 1 aliphatic heterocycles. The van der Waals surface area contributed by atoms with Gasteiger partial charge in [0.15, 0.2) is 0 Å². The van der Waals surface area contributed by atoms with E-state index < -0.39 is 11.7 Å². The van der Waals surface area contributed by atoms with E-state index in [1.165, 1.54) is 11.0 Å². The standard InChI is InChI=1S/C13H10BrF3N2O/c14-10-2-1-5-19(12(10)20)11-4-3-9(13(15,16)17)6-8(11)7-18/h3-4,6,10H,1-2,5H2. The minimum Gasteiger partial charge on any atom is -0.310 e. The number of piperidine rings is 1. The van der Waals surface area contributed by atoms with Gasteiger partial charge in [-0.25, -0.2) is 0 Å². The Bertz CT molecular complexity index is 580. The van der Waals surface area contributed by atoms with Gasteiger partial charge in [-0.1, -0.05) is 15.9 Å². The average Bonchev–Trinajstić information content (AvgIpc) is 2.40. The molecule has 0 radical (unpaired) electrons. The Kier molecular flexibility index (Phi) is 4.04. The molecule has 3 nitrogen and oxygen atoms in total. The van der Waals surface area contributed by atoms with Crippen LogP contribution in [0, 0.1) is 11.3 Å². The molecule has 0 spiro atoms. The normalized spacial score (nSPS) is 19.9. The number of nitrogens with zero attached hydrogens (tertiary/aromatic N) is 2.